The lowest BCUT2D eigenvalue weighted by Gasteiger charge is -2.03. The van der Waals surface area contributed by atoms with E-state index < -0.39 is 0 Å². The number of aromatic nitrogens is 2. The van der Waals surface area contributed by atoms with Gasteiger partial charge in [0.1, 0.15) is 5.75 Å². The lowest BCUT2D eigenvalue weighted by Crippen LogP contribution is -1.95. The first-order valence-electron chi connectivity index (χ1n) is 5.65. The predicted molar refractivity (Wildman–Crippen MR) is 78.4 cm³/mol. The fourth-order valence-corrected chi connectivity index (χ4v) is 2.46. The molecule has 0 saturated heterocycles. The summed E-state index contributed by atoms with van der Waals surface area (Å²) in [5, 5.41) is 8.73. The number of ether oxygens (including phenoxy) is 1. The summed E-state index contributed by atoms with van der Waals surface area (Å²) in [6.45, 7) is 0.176. The topological polar surface area (TPSA) is 48.2 Å². The molecule has 0 saturated carbocycles. The molecule has 0 radical (unpaired) electrons. The average molecular weight is 327 g/mol. The third-order valence-electron chi connectivity index (χ3n) is 2.50. The highest BCUT2D eigenvalue weighted by Gasteiger charge is 2.09. The summed E-state index contributed by atoms with van der Waals surface area (Å²) in [6, 6.07) is 6.97. The highest BCUT2D eigenvalue weighted by molar-refractivity contribution is 7.08. The summed E-state index contributed by atoms with van der Waals surface area (Å²) in [6.07, 6.45) is 0. The molecule has 0 bridgehead atoms. The van der Waals surface area contributed by atoms with Crippen molar-refractivity contribution in [3.8, 4) is 17.1 Å². The second kappa shape index (κ2) is 5.83. The van der Waals surface area contributed by atoms with E-state index >= 15 is 0 Å². The van der Waals surface area contributed by atoms with Crippen molar-refractivity contribution in [2.24, 2.45) is 0 Å². The molecular formula is C13H8Cl2N2O2S. The van der Waals surface area contributed by atoms with Gasteiger partial charge in [0, 0.05) is 17.0 Å². The Labute approximate surface area is 128 Å². The summed E-state index contributed by atoms with van der Waals surface area (Å²) in [5.74, 6) is 1.55. The minimum Gasteiger partial charge on any atom is -0.484 e. The molecule has 3 aromatic rings. The zero-order valence-corrected chi connectivity index (χ0v) is 12.4. The van der Waals surface area contributed by atoms with E-state index in [1.54, 1.807) is 29.5 Å². The second-order valence-electron chi connectivity index (χ2n) is 3.89. The maximum absolute atomic E-state index is 5.91. The summed E-state index contributed by atoms with van der Waals surface area (Å²) < 4.78 is 10.6. The summed E-state index contributed by atoms with van der Waals surface area (Å²) in [7, 11) is 0. The van der Waals surface area contributed by atoms with Crippen LogP contribution in [0.1, 0.15) is 5.89 Å². The summed E-state index contributed by atoms with van der Waals surface area (Å²) >= 11 is 13.3. The molecule has 3 rings (SSSR count). The maximum atomic E-state index is 5.91. The third kappa shape index (κ3) is 2.95. The molecule has 2 aromatic heterocycles. The maximum Gasteiger partial charge on any atom is 0.264 e. The van der Waals surface area contributed by atoms with E-state index in [1.807, 2.05) is 16.8 Å². The molecule has 102 valence electrons. The quantitative estimate of drug-likeness (QED) is 0.698. The molecular weight excluding hydrogens is 319 g/mol. The zero-order chi connectivity index (χ0) is 13.9. The molecule has 1 aromatic carbocycles. The van der Waals surface area contributed by atoms with Crippen LogP contribution in [0.15, 0.2) is 39.5 Å². The Balaban J connectivity index is 1.68. The number of benzene rings is 1. The highest BCUT2D eigenvalue weighted by Crippen LogP contribution is 2.27. The predicted octanol–water partition coefficient (Wildman–Crippen LogP) is 4.68. The van der Waals surface area contributed by atoms with Gasteiger partial charge in [0.25, 0.3) is 5.89 Å². The van der Waals surface area contributed by atoms with Gasteiger partial charge in [0.15, 0.2) is 6.61 Å². The van der Waals surface area contributed by atoms with E-state index in [0.717, 1.165) is 5.56 Å². The minimum atomic E-state index is 0.176. The molecule has 0 fully saturated rings. The van der Waals surface area contributed by atoms with E-state index in [4.69, 9.17) is 32.5 Å². The fraction of sp³-hybridized carbons (Fsp3) is 0.0769. The van der Waals surface area contributed by atoms with Gasteiger partial charge >= 0.3 is 0 Å². The van der Waals surface area contributed by atoms with Crippen molar-refractivity contribution in [1.82, 2.24) is 10.1 Å². The largest absolute Gasteiger partial charge is 0.484 e. The molecule has 0 spiro atoms. The summed E-state index contributed by atoms with van der Waals surface area (Å²) in [4.78, 5) is 4.25. The molecule has 4 nitrogen and oxygen atoms in total. The van der Waals surface area contributed by atoms with Crippen molar-refractivity contribution in [1.29, 1.82) is 0 Å². The van der Waals surface area contributed by atoms with Crippen LogP contribution >= 0.6 is 34.5 Å². The van der Waals surface area contributed by atoms with Gasteiger partial charge in [0.2, 0.25) is 5.82 Å². The van der Waals surface area contributed by atoms with Crippen LogP contribution in [-0.4, -0.2) is 10.1 Å². The highest BCUT2D eigenvalue weighted by atomic mass is 35.5. The lowest BCUT2D eigenvalue weighted by atomic mass is 10.3. The minimum absolute atomic E-state index is 0.176. The average Bonchev–Trinajstić information content (AvgIpc) is 3.09. The van der Waals surface area contributed by atoms with Crippen LogP contribution in [0.5, 0.6) is 5.75 Å². The van der Waals surface area contributed by atoms with Gasteiger partial charge in [-0.05, 0) is 23.6 Å². The van der Waals surface area contributed by atoms with E-state index in [0.29, 0.717) is 27.5 Å². The molecule has 0 unspecified atom stereocenters. The zero-order valence-electron chi connectivity index (χ0n) is 10.0. The van der Waals surface area contributed by atoms with Crippen LogP contribution in [0.25, 0.3) is 11.4 Å². The van der Waals surface area contributed by atoms with Crippen molar-refractivity contribution >= 4 is 34.5 Å². The fourth-order valence-electron chi connectivity index (χ4n) is 1.53. The molecule has 0 amide bonds. The molecule has 0 aliphatic carbocycles. The number of rotatable bonds is 4. The Hall–Kier alpha value is -1.56. The van der Waals surface area contributed by atoms with E-state index in [-0.39, 0.29) is 6.61 Å². The number of halogens is 2. The Kier molecular flexibility index (Phi) is 3.91. The smallest absolute Gasteiger partial charge is 0.264 e. The van der Waals surface area contributed by atoms with Gasteiger partial charge in [-0.25, -0.2) is 0 Å². The third-order valence-corrected chi connectivity index (χ3v) is 3.92. The SMILES string of the molecule is Clc1ccc(OCc2nc(-c3ccsc3)no2)cc1Cl. The normalized spacial score (nSPS) is 10.7. The van der Waals surface area contributed by atoms with Crippen LogP contribution in [0, 0.1) is 0 Å². The Morgan fingerprint density at radius 1 is 1.20 bits per heavy atom. The number of hydrogen-bond donors (Lipinski definition) is 0. The van der Waals surface area contributed by atoms with Gasteiger partial charge in [-0.15, -0.1) is 0 Å². The molecule has 0 aliphatic rings. The van der Waals surface area contributed by atoms with Crippen molar-refractivity contribution in [3.05, 3.63) is 51.0 Å². The second-order valence-corrected chi connectivity index (χ2v) is 5.48. The van der Waals surface area contributed by atoms with E-state index in [9.17, 15) is 0 Å². The van der Waals surface area contributed by atoms with Crippen LogP contribution in [0.2, 0.25) is 10.0 Å². The lowest BCUT2D eigenvalue weighted by molar-refractivity contribution is 0.243. The number of hydrogen-bond acceptors (Lipinski definition) is 5. The molecule has 0 atom stereocenters. The van der Waals surface area contributed by atoms with Gasteiger partial charge in [0.05, 0.1) is 10.0 Å². The monoisotopic (exact) mass is 326 g/mol. The van der Waals surface area contributed by atoms with Gasteiger partial charge in [-0.2, -0.15) is 16.3 Å². The van der Waals surface area contributed by atoms with Crippen LogP contribution < -0.4 is 4.74 Å². The van der Waals surface area contributed by atoms with Gasteiger partial charge in [-0.1, -0.05) is 28.4 Å². The van der Waals surface area contributed by atoms with Crippen LogP contribution in [-0.2, 0) is 6.61 Å². The number of thiophene rings is 1. The van der Waals surface area contributed by atoms with Gasteiger partial charge in [-0.3, -0.25) is 0 Å². The Morgan fingerprint density at radius 3 is 2.85 bits per heavy atom. The van der Waals surface area contributed by atoms with E-state index in [1.165, 1.54) is 0 Å². The molecule has 0 aliphatic heterocycles. The van der Waals surface area contributed by atoms with Gasteiger partial charge < -0.3 is 9.26 Å². The first-order valence-corrected chi connectivity index (χ1v) is 7.35. The van der Waals surface area contributed by atoms with Crippen molar-refractivity contribution in [3.63, 3.8) is 0 Å². The Bertz CT molecular complexity index is 713. The standard InChI is InChI=1S/C13H8Cl2N2O2S/c14-10-2-1-9(5-11(10)15)18-6-12-16-13(17-19-12)8-3-4-20-7-8/h1-5,7H,6H2. The van der Waals surface area contributed by atoms with Crippen molar-refractivity contribution in [2.45, 2.75) is 6.61 Å². The van der Waals surface area contributed by atoms with Crippen LogP contribution in [0.3, 0.4) is 0 Å². The first-order chi connectivity index (χ1) is 9.72. The van der Waals surface area contributed by atoms with Crippen molar-refractivity contribution < 1.29 is 9.26 Å². The Morgan fingerprint density at radius 2 is 2.10 bits per heavy atom. The molecule has 0 N–H and O–H groups in total. The van der Waals surface area contributed by atoms with E-state index in [2.05, 4.69) is 10.1 Å². The summed E-state index contributed by atoms with van der Waals surface area (Å²) in [5.41, 5.74) is 0.930. The molecule has 7 heteroatoms. The first kappa shape index (κ1) is 13.4. The van der Waals surface area contributed by atoms with Crippen molar-refractivity contribution in [2.75, 3.05) is 0 Å². The van der Waals surface area contributed by atoms with Crippen LogP contribution in [0.4, 0.5) is 0 Å². The molecule has 20 heavy (non-hydrogen) atoms. The number of nitrogens with zero attached hydrogens (tertiary/aromatic N) is 2. The molecule has 2 heterocycles.